The Morgan fingerprint density at radius 3 is 2.72 bits per heavy atom. The Balaban J connectivity index is 2.01. The molecule has 0 aliphatic carbocycles. The number of carbonyl (C=O) groups is 1. The number of nitrogens with zero attached hydrogens (tertiary/aromatic N) is 1. The zero-order chi connectivity index (χ0) is 18.2. The van der Waals surface area contributed by atoms with Crippen LogP contribution in [0.3, 0.4) is 0 Å². The number of nitro benzene ring substituents is 1. The van der Waals surface area contributed by atoms with Crippen molar-refractivity contribution in [2.24, 2.45) is 0 Å². The molecule has 0 bridgehead atoms. The quantitative estimate of drug-likeness (QED) is 0.487. The average Bonchev–Trinajstić information content (AvgIpc) is 2.53. The number of ether oxygens (including phenoxy) is 1. The Morgan fingerprint density at radius 1 is 1.28 bits per heavy atom. The van der Waals surface area contributed by atoms with Gasteiger partial charge in [0.25, 0.3) is 5.91 Å². The lowest BCUT2D eigenvalue weighted by Gasteiger charge is -2.19. The van der Waals surface area contributed by atoms with Crippen molar-refractivity contribution in [1.82, 2.24) is 0 Å². The fourth-order valence-electron chi connectivity index (χ4n) is 2.11. The molecule has 3 rings (SSSR count). The van der Waals surface area contributed by atoms with Crippen LogP contribution in [0.1, 0.15) is 0 Å². The van der Waals surface area contributed by atoms with Gasteiger partial charge in [0.15, 0.2) is 6.61 Å². The van der Waals surface area contributed by atoms with Crippen LogP contribution in [0.15, 0.2) is 41.3 Å². The third-order valence-corrected chi connectivity index (χ3v) is 4.90. The summed E-state index contributed by atoms with van der Waals surface area (Å²) in [6.45, 7) is -0.279. The van der Waals surface area contributed by atoms with Crippen LogP contribution in [0.25, 0.3) is 0 Å². The predicted molar refractivity (Wildman–Crippen MR) is 86.5 cm³/mol. The van der Waals surface area contributed by atoms with E-state index in [2.05, 4.69) is 5.32 Å². The summed E-state index contributed by atoms with van der Waals surface area (Å²) in [5, 5.41) is 13.2. The Hall–Kier alpha value is -2.85. The van der Waals surface area contributed by atoms with Crippen molar-refractivity contribution >= 4 is 39.0 Å². The van der Waals surface area contributed by atoms with Gasteiger partial charge in [0.05, 0.1) is 15.6 Å². The van der Waals surface area contributed by atoms with Crippen molar-refractivity contribution in [2.45, 2.75) is 4.90 Å². The number of amides is 1. The molecule has 2 aromatic carbocycles. The van der Waals surface area contributed by atoms with Crippen molar-refractivity contribution in [3.63, 3.8) is 0 Å². The van der Waals surface area contributed by atoms with Gasteiger partial charge in [-0.15, -0.1) is 0 Å². The molecule has 1 heterocycles. The molecule has 0 unspecified atom stereocenters. The van der Waals surface area contributed by atoms with Crippen LogP contribution in [0.5, 0.6) is 11.5 Å². The molecule has 0 spiro atoms. The lowest BCUT2D eigenvalue weighted by atomic mass is 10.2. The van der Waals surface area contributed by atoms with E-state index >= 15 is 0 Å². The van der Waals surface area contributed by atoms with Gasteiger partial charge in [-0.05, 0) is 12.1 Å². The van der Waals surface area contributed by atoms with Crippen LogP contribution in [-0.4, -0.2) is 25.9 Å². The summed E-state index contributed by atoms with van der Waals surface area (Å²) in [7, 11) is -4.48. The monoisotopic (exact) mass is 384 g/mol. The van der Waals surface area contributed by atoms with E-state index in [4.69, 9.17) is 20.5 Å². The second-order valence-electron chi connectivity index (χ2n) is 4.88. The molecule has 9 nitrogen and oxygen atoms in total. The number of fused-ring (bicyclic) bond motifs is 1. The van der Waals surface area contributed by atoms with E-state index in [1.165, 1.54) is 18.2 Å². The van der Waals surface area contributed by atoms with Gasteiger partial charge in [-0.25, -0.2) is 0 Å². The molecule has 1 aliphatic heterocycles. The average molecular weight is 385 g/mol. The number of para-hydroxylation sites is 2. The zero-order valence-corrected chi connectivity index (χ0v) is 13.8. The van der Waals surface area contributed by atoms with Gasteiger partial charge in [-0.1, -0.05) is 23.7 Å². The second kappa shape index (κ2) is 6.22. The Morgan fingerprint density at radius 2 is 2.00 bits per heavy atom. The van der Waals surface area contributed by atoms with E-state index in [0.29, 0.717) is 0 Å². The molecule has 0 saturated carbocycles. The largest absolute Gasteiger partial charge is 0.482 e. The maximum absolute atomic E-state index is 12.5. The van der Waals surface area contributed by atoms with Crippen molar-refractivity contribution in [1.29, 1.82) is 0 Å². The van der Waals surface area contributed by atoms with Gasteiger partial charge in [0, 0.05) is 12.1 Å². The molecular formula is C14H9ClN2O7S. The lowest BCUT2D eigenvalue weighted by Crippen LogP contribution is -2.25. The highest BCUT2D eigenvalue weighted by atomic mass is 35.5. The molecular weight excluding hydrogens is 376 g/mol. The normalized spacial score (nSPS) is 13.4. The number of halogens is 1. The molecule has 1 aliphatic rings. The van der Waals surface area contributed by atoms with Gasteiger partial charge < -0.3 is 14.2 Å². The molecule has 0 aromatic heterocycles. The van der Waals surface area contributed by atoms with Crippen LogP contribution in [0, 0.1) is 10.1 Å². The number of benzene rings is 2. The molecule has 1 N–H and O–H groups in total. The van der Waals surface area contributed by atoms with Crippen LogP contribution in [0.2, 0.25) is 5.02 Å². The van der Waals surface area contributed by atoms with Gasteiger partial charge in [0.1, 0.15) is 10.6 Å². The van der Waals surface area contributed by atoms with E-state index in [1.807, 2.05) is 0 Å². The maximum atomic E-state index is 12.5. The number of hydrogen-bond acceptors (Lipinski definition) is 7. The van der Waals surface area contributed by atoms with Crippen molar-refractivity contribution in [3.8, 4) is 11.5 Å². The van der Waals surface area contributed by atoms with Crippen molar-refractivity contribution in [2.75, 3.05) is 11.9 Å². The molecule has 130 valence electrons. The molecule has 2 aromatic rings. The number of carbonyl (C=O) groups excluding carboxylic acids is 1. The van der Waals surface area contributed by atoms with Crippen LogP contribution < -0.4 is 14.2 Å². The molecule has 0 fully saturated rings. The minimum Gasteiger partial charge on any atom is -0.482 e. The Bertz CT molecular complexity index is 991. The zero-order valence-electron chi connectivity index (χ0n) is 12.3. The summed E-state index contributed by atoms with van der Waals surface area (Å²) in [4.78, 5) is 21.0. The van der Waals surface area contributed by atoms with Gasteiger partial charge in [-0.3, -0.25) is 14.9 Å². The number of rotatable bonds is 4. The summed E-state index contributed by atoms with van der Waals surface area (Å²) in [6, 6.07) is 7.31. The van der Waals surface area contributed by atoms with E-state index < -0.39 is 37.3 Å². The highest BCUT2D eigenvalue weighted by Gasteiger charge is 2.28. The van der Waals surface area contributed by atoms with Crippen LogP contribution in [0.4, 0.5) is 11.4 Å². The molecule has 0 saturated heterocycles. The predicted octanol–water partition coefficient (Wildman–Crippen LogP) is 2.35. The fraction of sp³-hybridized carbons (Fsp3) is 0.0714. The number of hydrogen-bond donors (Lipinski definition) is 1. The number of anilines is 1. The van der Waals surface area contributed by atoms with E-state index in [0.717, 1.165) is 18.2 Å². The molecule has 11 heteroatoms. The van der Waals surface area contributed by atoms with Gasteiger partial charge in [-0.2, -0.15) is 8.42 Å². The first-order chi connectivity index (χ1) is 11.8. The minimum atomic E-state index is -4.48. The highest BCUT2D eigenvalue weighted by molar-refractivity contribution is 7.87. The maximum Gasteiger partial charge on any atom is 0.341 e. The summed E-state index contributed by atoms with van der Waals surface area (Å²) in [6.07, 6.45) is 0. The number of nitro groups is 1. The Kier molecular flexibility index (Phi) is 4.23. The van der Waals surface area contributed by atoms with E-state index in [9.17, 15) is 23.3 Å². The third kappa shape index (κ3) is 3.35. The van der Waals surface area contributed by atoms with Crippen LogP contribution >= 0.6 is 11.6 Å². The first-order valence-corrected chi connectivity index (χ1v) is 8.50. The van der Waals surface area contributed by atoms with E-state index in [1.54, 1.807) is 0 Å². The SMILES string of the molecule is O=C1COc2cc(S(=O)(=O)Oc3ccccc3[N+](=O)[O-])c(Cl)cc2N1. The standard InChI is InChI=1S/C14H9ClN2O7S/c15-8-5-9-12(23-7-14(18)16-9)6-13(8)25(21,22)24-11-4-2-1-3-10(11)17(19)20/h1-6H,7H2,(H,16,18). The van der Waals surface area contributed by atoms with E-state index in [-0.39, 0.29) is 23.1 Å². The van der Waals surface area contributed by atoms with Gasteiger partial charge in [0.2, 0.25) is 5.75 Å². The first-order valence-electron chi connectivity index (χ1n) is 6.72. The number of nitrogens with one attached hydrogen (secondary N) is 1. The van der Waals surface area contributed by atoms with Crippen molar-refractivity contribution in [3.05, 3.63) is 51.5 Å². The topological polar surface area (TPSA) is 125 Å². The fourth-order valence-corrected chi connectivity index (χ4v) is 3.58. The van der Waals surface area contributed by atoms with Crippen molar-refractivity contribution < 1.29 is 27.1 Å². The molecule has 0 atom stereocenters. The smallest absolute Gasteiger partial charge is 0.341 e. The third-order valence-electron chi connectivity index (χ3n) is 3.20. The molecule has 0 radical (unpaired) electrons. The second-order valence-corrected chi connectivity index (χ2v) is 6.80. The lowest BCUT2D eigenvalue weighted by molar-refractivity contribution is -0.385. The summed E-state index contributed by atoms with van der Waals surface area (Å²) in [5.74, 6) is -0.764. The first kappa shape index (κ1) is 17.0. The summed E-state index contributed by atoms with van der Waals surface area (Å²) in [5.41, 5.74) is -0.297. The molecule has 25 heavy (non-hydrogen) atoms. The summed E-state index contributed by atoms with van der Waals surface area (Å²) < 4.78 is 35.0. The van der Waals surface area contributed by atoms with Gasteiger partial charge >= 0.3 is 15.8 Å². The Labute approximate surface area is 146 Å². The summed E-state index contributed by atoms with van der Waals surface area (Å²) >= 11 is 5.96. The highest BCUT2D eigenvalue weighted by Crippen LogP contribution is 2.37. The molecule has 1 amide bonds. The minimum absolute atomic E-state index is 0.0914. The van der Waals surface area contributed by atoms with Crippen LogP contribution in [-0.2, 0) is 14.9 Å².